The highest BCUT2D eigenvalue weighted by Gasteiger charge is 2.23. The molecule has 1 aliphatic rings. The second-order valence-electron chi connectivity index (χ2n) is 3.99. The third-order valence-electron chi connectivity index (χ3n) is 2.37. The van der Waals surface area contributed by atoms with Gasteiger partial charge >= 0.3 is 0 Å². The van der Waals surface area contributed by atoms with Gasteiger partial charge in [0.25, 0.3) is 0 Å². The number of rotatable bonds is 3. The van der Waals surface area contributed by atoms with Gasteiger partial charge in [-0.2, -0.15) is 0 Å². The van der Waals surface area contributed by atoms with E-state index in [1.807, 2.05) is 13.8 Å². The van der Waals surface area contributed by atoms with Crippen molar-refractivity contribution in [3.8, 4) is 0 Å². The fraction of sp³-hybridized carbons (Fsp3) is 0.900. The third-order valence-corrected chi connectivity index (χ3v) is 2.37. The summed E-state index contributed by atoms with van der Waals surface area (Å²) < 4.78 is 5.68. The summed E-state index contributed by atoms with van der Waals surface area (Å²) in [6.07, 6.45) is 2.49. The molecule has 0 radical (unpaired) electrons. The lowest BCUT2D eigenvalue weighted by atomic mass is 10.1. The van der Waals surface area contributed by atoms with Crippen molar-refractivity contribution >= 4 is 5.91 Å². The van der Waals surface area contributed by atoms with Crippen LogP contribution < -0.4 is 5.73 Å². The second kappa shape index (κ2) is 5.32. The molecule has 0 aliphatic carbocycles. The van der Waals surface area contributed by atoms with Crippen LogP contribution in [0.1, 0.15) is 26.7 Å². The molecule has 0 aromatic carbocycles. The average molecular weight is 200 g/mol. The molecule has 1 amide bonds. The van der Waals surface area contributed by atoms with E-state index >= 15 is 0 Å². The van der Waals surface area contributed by atoms with Crippen LogP contribution in [0.4, 0.5) is 0 Å². The highest BCUT2D eigenvalue weighted by atomic mass is 16.5. The smallest absolute Gasteiger partial charge is 0.236 e. The Labute approximate surface area is 85.4 Å². The molecule has 0 aromatic heterocycles. The SMILES string of the molecule is CC(C)OC1CCCN(C(=O)CN)C1. The highest BCUT2D eigenvalue weighted by Crippen LogP contribution is 2.14. The predicted octanol–water partition coefficient (Wildman–Crippen LogP) is 0.361. The Morgan fingerprint density at radius 1 is 1.64 bits per heavy atom. The van der Waals surface area contributed by atoms with Gasteiger partial charge in [-0.25, -0.2) is 0 Å². The van der Waals surface area contributed by atoms with Crippen LogP contribution in [0.15, 0.2) is 0 Å². The van der Waals surface area contributed by atoms with Crippen LogP contribution in [0.5, 0.6) is 0 Å². The zero-order valence-corrected chi connectivity index (χ0v) is 9.03. The van der Waals surface area contributed by atoms with Gasteiger partial charge in [0.2, 0.25) is 5.91 Å². The van der Waals surface area contributed by atoms with E-state index < -0.39 is 0 Å². The topological polar surface area (TPSA) is 55.6 Å². The van der Waals surface area contributed by atoms with Gasteiger partial charge in [-0.05, 0) is 26.7 Å². The van der Waals surface area contributed by atoms with E-state index in [0.717, 1.165) is 19.4 Å². The van der Waals surface area contributed by atoms with Crippen molar-refractivity contribution in [3.05, 3.63) is 0 Å². The minimum Gasteiger partial charge on any atom is -0.374 e. The number of carbonyl (C=O) groups is 1. The summed E-state index contributed by atoms with van der Waals surface area (Å²) in [6, 6.07) is 0. The molecular formula is C10H20N2O2. The van der Waals surface area contributed by atoms with Crippen LogP contribution in [-0.2, 0) is 9.53 Å². The average Bonchev–Trinajstić information content (AvgIpc) is 2.16. The van der Waals surface area contributed by atoms with Crippen molar-refractivity contribution in [2.24, 2.45) is 5.73 Å². The molecule has 0 aromatic rings. The minimum absolute atomic E-state index is 0.0297. The van der Waals surface area contributed by atoms with E-state index in [9.17, 15) is 4.79 Å². The molecule has 4 heteroatoms. The molecule has 14 heavy (non-hydrogen) atoms. The number of ether oxygens (including phenoxy) is 1. The van der Waals surface area contributed by atoms with Crippen molar-refractivity contribution in [2.45, 2.75) is 38.9 Å². The number of hydrogen-bond acceptors (Lipinski definition) is 3. The monoisotopic (exact) mass is 200 g/mol. The van der Waals surface area contributed by atoms with Gasteiger partial charge in [0.05, 0.1) is 18.8 Å². The summed E-state index contributed by atoms with van der Waals surface area (Å²) in [5.41, 5.74) is 5.32. The Bertz CT molecular complexity index is 195. The molecule has 1 saturated heterocycles. The number of nitrogens with zero attached hydrogens (tertiary/aromatic N) is 1. The first-order valence-corrected chi connectivity index (χ1v) is 5.26. The Morgan fingerprint density at radius 2 is 2.36 bits per heavy atom. The van der Waals surface area contributed by atoms with E-state index in [4.69, 9.17) is 10.5 Å². The first-order chi connectivity index (χ1) is 6.63. The van der Waals surface area contributed by atoms with Gasteiger partial charge in [-0.15, -0.1) is 0 Å². The maximum Gasteiger partial charge on any atom is 0.236 e. The Morgan fingerprint density at radius 3 is 2.93 bits per heavy atom. The van der Waals surface area contributed by atoms with E-state index in [0.29, 0.717) is 6.54 Å². The quantitative estimate of drug-likeness (QED) is 0.715. The molecule has 1 fully saturated rings. The standard InChI is InChI=1S/C10H20N2O2/c1-8(2)14-9-4-3-5-12(7-9)10(13)6-11/h8-9H,3-7,11H2,1-2H3. The van der Waals surface area contributed by atoms with E-state index in [1.54, 1.807) is 4.90 Å². The normalized spacial score (nSPS) is 22.9. The molecular weight excluding hydrogens is 180 g/mol. The summed E-state index contributed by atoms with van der Waals surface area (Å²) in [7, 11) is 0. The lowest BCUT2D eigenvalue weighted by Crippen LogP contribution is -2.46. The fourth-order valence-electron chi connectivity index (χ4n) is 1.79. The lowest BCUT2D eigenvalue weighted by molar-refractivity contribution is -0.134. The van der Waals surface area contributed by atoms with Crippen LogP contribution in [0.3, 0.4) is 0 Å². The Hall–Kier alpha value is -0.610. The number of hydrogen-bond donors (Lipinski definition) is 1. The van der Waals surface area contributed by atoms with Crippen molar-refractivity contribution < 1.29 is 9.53 Å². The summed E-state index contributed by atoms with van der Waals surface area (Å²) in [4.78, 5) is 13.1. The highest BCUT2D eigenvalue weighted by molar-refractivity contribution is 5.78. The molecule has 0 spiro atoms. The van der Waals surface area contributed by atoms with E-state index in [2.05, 4.69) is 0 Å². The van der Waals surface area contributed by atoms with Gasteiger partial charge in [-0.3, -0.25) is 4.79 Å². The van der Waals surface area contributed by atoms with Crippen molar-refractivity contribution in [3.63, 3.8) is 0 Å². The summed E-state index contributed by atoms with van der Waals surface area (Å²) >= 11 is 0. The van der Waals surface area contributed by atoms with Crippen molar-refractivity contribution in [1.82, 2.24) is 4.90 Å². The molecule has 82 valence electrons. The second-order valence-corrected chi connectivity index (χ2v) is 3.99. The molecule has 4 nitrogen and oxygen atoms in total. The molecule has 1 aliphatic heterocycles. The number of nitrogens with two attached hydrogens (primary N) is 1. The minimum atomic E-state index is 0.0297. The van der Waals surface area contributed by atoms with E-state index in [-0.39, 0.29) is 24.7 Å². The molecule has 0 bridgehead atoms. The number of piperidine rings is 1. The zero-order valence-electron chi connectivity index (χ0n) is 9.03. The Kier molecular flexibility index (Phi) is 4.35. The molecule has 1 atom stereocenters. The van der Waals surface area contributed by atoms with Crippen LogP contribution in [-0.4, -0.2) is 42.6 Å². The summed E-state index contributed by atoms with van der Waals surface area (Å²) in [5, 5.41) is 0. The number of carbonyl (C=O) groups excluding carboxylic acids is 1. The predicted molar refractivity (Wildman–Crippen MR) is 54.9 cm³/mol. The molecule has 0 saturated carbocycles. The largest absolute Gasteiger partial charge is 0.374 e. The van der Waals surface area contributed by atoms with Crippen LogP contribution in [0, 0.1) is 0 Å². The lowest BCUT2D eigenvalue weighted by Gasteiger charge is -2.33. The summed E-state index contributed by atoms with van der Waals surface area (Å²) in [5.74, 6) is 0.0297. The van der Waals surface area contributed by atoms with E-state index in [1.165, 1.54) is 0 Å². The fourth-order valence-corrected chi connectivity index (χ4v) is 1.79. The molecule has 2 N–H and O–H groups in total. The van der Waals surface area contributed by atoms with Crippen LogP contribution in [0.2, 0.25) is 0 Å². The third kappa shape index (κ3) is 3.27. The van der Waals surface area contributed by atoms with Crippen molar-refractivity contribution in [1.29, 1.82) is 0 Å². The van der Waals surface area contributed by atoms with Crippen molar-refractivity contribution in [2.75, 3.05) is 19.6 Å². The number of amides is 1. The van der Waals surface area contributed by atoms with Crippen LogP contribution in [0.25, 0.3) is 0 Å². The van der Waals surface area contributed by atoms with Gasteiger partial charge in [0.15, 0.2) is 0 Å². The van der Waals surface area contributed by atoms with Gasteiger partial charge in [-0.1, -0.05) is 0 Å². The van der Waals surface area contributed by atoms with Gasteiger partial charge in [0, 0.05) is 13.1 Å². The molecule has 1 unspecified atom stereocenters. The first-order valence-electron chi connectivity index (χ1n) is 5.26. The zero-order chi connectivity index (χ0) is 10.6. The Balaban J connectivity index is 2.39. The van der Waals surface area contributed by atoms with Gasteiger partial charge < -0.3 is 15.4 Å². The van der Waals surface area contributed by atoms with Gasteiger partial charge in [0.1, 0.15) is 0 Å². The molecule has 1 heterocycles. The maximum atomic E-state index is 11.3. The summed E-state index contributed by atoms with van der Waals surface area (Å²) in [6.45, 7) is 5.67. The molecule has 1 rings (SSSR count). The first kappa shape index (κ1) is 11.5. The number of likely N-dealkylation sites (tertiary alicyclic amines) is 1. The van der Waals surface area contributed by atoms with Crippen LogP contribution >= 0.6 is 0 Å². The maximum absolute atomic E-state index is 11.3.